The zero-order valence-electron chi connectivity index (χ0n) is 36.4. The van der Waals surface area contributed by atoms with E-state index in [0.29, 0.717) is 0 Å². The van der Waals surface area contributed by atoms with Crippen LogP contribution in [0.25, 0.3) is 78.3 Å². The van der Waals surface area contributed by atoms with Crippen molar-refractivity contribution in [2.75, 3.05) is 0 Å². The predicted molar refractivity (Wildman–Crippen MR) is 262 cm³/mol. The first-order valence-corrected chi connectivity index (χ1v) is 23.2. The maximum atomic E-state index is 6.41. The molecule has 1 aliphatic heterocycles. The van der Waals surface area contributed by atoms with E-state index in [1.807, 2.05) is 24.3 Å². The smallest absolute Gasteiger partial charge is 0.160 e. The average molecular weight is 825 g/mol. The number of fused-ring (bicyclic) bond motifs is 11. The standard InChI is InChI=1S/C61H48N2O/c1-60(2)51-17-9-7-15-45(51)49-36-54-50(35-53(49)60)48-33-43(28-30-52(48)61(54)31-11-4-12-32-61)40-21-19-38(20-22-40)39-23-25-41(26-24-39)55-37-56(63-59(62-55)42-13-5-3-6-14-42)44-27-29-47-46-16-8-10-18-57(46)64-58(47)34-44/h3,5-10,13-30,33,35-37,58H,4,11-12,31-32,34H2,1-2H3. The van der Waals surface area contributed by atoms with E-state index in [1.54, 1.807) is 11.1 Å². The van der Waals surface area contributed by atoms with E-state index in [2.05, 4.69) is 166 Å². The number of allylic oxidation sites excluding steroid dienone is 2. The Hall–Kier alpha value is -7.10. The van der Waals surface area contributed by atoms with Gasteiger partial charge in [0.1, 0.15) is 11.9 Å². The summed E-state index contributed by atoms with van der Waals surface area (Å²) < 4.78 is 6.41. The topological polar surface area (TPSA) is 35.0 Å². The molecular formula is C61H48N2O. The van der Waals surface area contributed by atoms with Crippen molar-refractivity contribution >= 4 is 11.1 Å². The zero-order chi connectivity index (χ0) is 42.6. The van der Waals surface area contributed by atoms with Crippen molar-refractivity contribution in [3.8, 4) is 72.9 Å². The fourth-order valence-corrected chi connectivity index (χ4v) is 11.9. The number of rotatable bonds is 5. The minimum atomic E-state index is -0.0216. The van der Waals surface area contributed by atoms with Crippen molar-refractivity contribution in [1.82, 2.24) is 9.97 Å². The molecule has 0 amide bonds. The van der Waals surface area contributed by atoms with Crippen molar-refractivity contribution in [3.05, 3.63) is 209 Å². The molecule has 0 N–H and O–H groups in total. The highest BCUT2D eigenvalue weighted by molar-refractivity contribution is 5.92. The second-order valence-corrected chi connectivity index (χ2v) is 19.1. The molecule has 13 rings (SSSR count). The van der Waals surface area contributed by atoms with Gasteiger partial charge in [0.05, 0.1) is 11.4 Å². The number of hydrogen-bond donors (Lipinski definition) is 0. The second kappa shape index (κ2) is 14.2. The molecule has 0 radical (unpaired) electrons. The molecule has 0 saturated heterocycles. The quantitative estimate of drug-likeness (QED) is 0.173. The third-order valence-electron chi connectivity index (χ3n) is 15.3. The number of nitrogens with zero attached hydrogens (tertiary/aromatic N) is 2. The monoisotopic (exact) mass is 824 g/mol. The van der Waals surface area contributed by atoms with E-state index in [0.717, 1.165) is 46.1 Å². The van der Waals surface area contributed by atoms with Crippen molar-refractivity contribution in [2.24, 2.45) is 0 Å². The molecule has 3 heteroatoms. The van der Waals surface area contributed by atoms with Crippen molar-refractivity contribution < 1.29 is 4.74 Å². The Morgan fingerprint density at radius 1 is 0.453 bits per heavy atom. The van der Waals surface area contributed by atoms with Gasteiger partial charge < -0.3 is 4.74 Å². The summed E-state index contributed by atoms with van der Waals surface area (Å²) in [6.07, 6.45) is 11.6. The van der Waals surface area contributed by atoms with Gasteiger partial charge in [-0.2, -0.15) is 0 Å². The van der Waals surface area contributed by atoms with E-state index < -0.39 is 0 Å². The fourth-order valence-electron chi connectivity index (χ4n) is 11.9. The first-order valence-electron chi connectivity index (χ1n) is 23.2. The summed E-state index contributed by atoms with van der Waals surface area (Å²) in [5, 5.41) is 0. The van der Waals surface area contributed by atoms with Crippen molar-refractivity contribution in [2.45, 2.75) is 69.3 Å². The molecule has 1 spiro atoms. The van der Waals surface area contributed by atoms with Crippen LogP contribution in [0, 0.1) is 0 Å². The molecule has 0 bridgehead atoms. The van der Waals surface area contributed by atoms with Gasteiger partial charge in [0.15, 0.2) is 5.82 Å². The second-order valence-electron chi connectivity index (χ2n) is 19.1. The van der Waals surface area contributed by atoms with Crippen LogP contribution in [0.15, 0.2) is 176 Å². The van der Waals surface area contributed by atoms with Gasteiger partial charge in [-0.25, -0.2) is 9.97 Å². The molecule has 1 fully saturated rings. The largest absolute Gasteiger partial charge is 0.485 e. The minimum absolute atomic E-state index is 0.0121. The van der Waals surface area contributed by atoms with Gasteiger partial charge in [-0.3, -0.25) is 0 Å². The van der Waals surface area contributed by atoms with Crippen LogP contribution in [0.3, 0.4) is 0 Å². The summed E-state index contributed by atoms with van der Waals surface area (Å²) >= 11 is 0. The molecule has 3 nitrogen and oxygen atoms in total. The van der Waals surface area contributed by atoms with Gasteiger partial charge in [0.2, 0.25) is 0 Å². The van der Waals surface area contributed by atoms with E-state index in [9.17, 15) is 0 Å². The van der Waals surface area contributed by atoms with E-state index in [1.165, 1.54) is 98.9 Å². The summed E-state index contributed by atoms with van der Waals surface area (Å²) in [5.74, 6) is 1.68. The molecule has 7 aromatic carbocycles. The minimum Gasteiger partial charge on any atom is -0.485 e. The third kappa shape index (κ3) is 5.73. The van der Waals surface area contributed by atoms with Gasteiger partial charge >= 0.3 is 0 Å². The third-order valence-corrected chi connectivity index (χ3v) is 15.3. The lowest BCUT2D eigenvalue weighted by molar-refractivity contribution is 0.281. The van der Waals surface area contributed by atoms with Crippen LogP contribution < -0.4 is 4.74 Å². The highest BCUT2D eigenvalue weighted by atomic mass is 16.5. The molecule has 308 valence electrons. The lowest BCUT2D eigenvalue weighted by atomic mass is 9.67. The number of ether oxygens (including phenoxy) is 1. The molecule has 1 unspecified atom stereocenters. The SMILES string of the molecule is CC1(C)c2ccccc2-c2cc3c(cc21)-c1cc(-c2ccc(-c4ccc(-c5cc(C6=CC=C7c8ccccc8OC7C6)nc(-c6ccccc6)n5)cc4)cc2)ccc1C31CCCCC1. The highest BCUT2D eigenvalue weighted by Gasteiger charge is 2.46. The summed E-state index contributed by atoms with van der Waals surface area (Å²) in [4.78, 5) is 10.3. The molecule has 2 heterocycles. The lowest BCUT2D eigenvalue weighted by Gasteiger charge is -2.36. The summed E-state index contributed by atoms with van der Waals surface area (Å²) in [6.45, 7) is 4.81. The maximum absolute atomic E-state index is 6.41. The van der Waals surface area contributed by atoms with Crippen LogP contribution >= 0.6 is 0 Å². The Balaban J connectivity index is 0.812. The Kier molecular flexibility index (Phi) is 8.31. The van der Waals surface area contributed by atoms with Gasteiger partial charge in [-0.15, -0.1) is 0 Å². The van der Waals surface area contributed by atoms with Gasteiger partial charge in [-0.1, -0.05) is 179 Å². The Bertz CT molecular complexity index is 3260. The van der Waals surface area contributed by atoms with Crippen LogP contribution in [0.2, 0.25) is 0 Å². The summed E-state index contributed by atoms with van der Waals surface area (Å²) in [5.41, 5.74) is 24.2. The number of aromatic nitrogens is 2. The molecular weight excluding hydrogens is 777 g/mol. The molecule has 1 saturated carbocycles. The normalized spacial score (nSPS) is 17.9. The lowest BCUT2D eigenvalue weighted by Crippen LogP contribution is -2.28. The Morgan fingerprint density at radius 2 is 1.06 bits per heavy atom. The zero-order valence-corrected chi connectivity index (χ0v) is 36.4. The summed E-state index contributed by atoms with van der Waals surface area (Å²) in [7, 11) is 0. The van der Waals surface area contributed by atoms with Gasteiger partial charge in [0.25, 0.3) is 0 Å². The van der Waals surface area contributed by atoms with E-state index in [4.69, 9.17) is 14.7 Å². The predicted octanol–water partition coefficient (Wildman–Crippen LogP) is 15.3. The first-order chi connectivity index (χ1) is 31.4. The number of hydrogen-bond acceptors (Lipinski definition) is 3. The van der Waals surface area contributed by atoms with Crippen molar-refractivity contribution in [1.29, 1.82) is 0 Å². The van der Waals surface area contributed by atoms with Crippen LogP contribution in [-0.4, -0.2) is 16.1 Å². The first kappa shape index (κ1) is 37.5. The Labute approximate surface area is 375 Å². The number of para-hydroxylation sites is 1. The molecule has 64 heavy (non-hydrogen) atoms. The molecule has 1 atom stereocenters. The molecule has 4 aliphatic carbocycles. The highest BCUT2D eigenvalue weighted by Crippen LogP contribution is 2.60. The van der Waals surface area contributed by atoms with Crippen LogP contribution in [0.1, 0.15) is 85.9 Å². The van der Waals surface area contributed by atoms with Crippen molar-refractivity contribution in [3.63, 3.8) is 0 Å². The van der Waals surface area contributed by atoms with Crippen LogP contribution in [0.5, 0.6) is 5.75 Å². The Morgan fingerprint density at radius 3 is 1.84 bits per heavy atom. The molecule has 5 aliphatic rings. The molecule has 8 aromatic rings. The van der Waals surface area contributed by atoms with Gasteiger partial charge in [-0.05, 0) is 116 Å². The molecule has 1 aromatic heterocycles. The number of benzene rings is 7. The van der Waals surface area contributed by atoms with Gasteiger partial charge in [0, 0.05) is 39.5 Å². The van der Waals surface area contributed by atoms with Crippen LogP contribution in [0.4, 0.5) is 0 Å². The van der Waals surface area contributed by atoms with E-state index >= 15 is 0 Å². The average Bonchev–Trinajstić information content (AvgIpc) is 3.93. The summed E-state index contributed by atoms with van der Waals surface area (Å²) in [6, 6.07) is 60.4. The fraction of sp³-hybridized carbons (Fsp3) is 0.180. The van der Waals surface area contributed by atoms with E-state index in [-0.39, 0.29) is 16.9 Å². The maximum Gasteiger partial charge on any atom is 0.160 e. The van der Waals surface area contributed by atoms with Crippen LogP contribution in [-0.2, 0) is 10.8 Å².